The molecule has 3 heterocycles. The van der Waals surface area contributed by atoms with E-state index >= 15 is 0 Å². The Balaban J connectivity index is 1.59. The van der Waals surface area contributed by atoms with Gasteiger partial charge in [-0.05, 0) is 47.3 Å². The summed E-state index contributed by atoms with van der Waals surface area (Å²) in [4.78, 5) is 14.5. The monoisotopic (exact) mass is 370 g/mol. The first-order valence-electron chi connectivity index (χ1n) is 9.46. The minimum absolute atomic E-state index is 0.347. The largest absolute Gasteiger partial charge is 0.479 e. The summed E-state index contributed by atoms with van der Waals surface area (Å²) in [5.41, 5.74) is 7.06. The molecule has 2 aromatic carbocycles. The van der Waals surface area contributed by atoms with Crippen molar-refractivity contribution in [2.24, 2.45) is 0 Å². The Kier molecular flexibility index (Phi) is 4.10. The lowest BCUT2D eigenvalue weighted by atomic mass is 9.83. The molecule has 0 saturated carbocycles. The molecule has 0 spiro atoms. The summed E-state index contributed by atoms with van der Waals surface area (Å²) in [7, 11) is 3.81. The number of nitrogens with zero attached hydrogens (tertiary/aromatic N) is 3. The van der Waals surface area contributed by atoms with Crippen LogP contribution in [0.5, 0.6) is 5.88 Å². The molecule has 2 aromatic heterocycles. The molecule has 0 radical (unpaired) electrons. The highest BCUT2D eigenvalue weighted by molar-refractivity contribution is 5.80. The van der Waals surface area contributed by atoms with Crippen LogP contribution in [-0.2, 0) is 6.54 Å². The number of fused-ring (bicyclic) bond motifs is 2. The van der Waals surface area contributed by atoms with Crippen LogP contribution in [-0.4, -0.2) is 40.6 Å². The number of likely N-dealkylation sites (N-methyl/N-ethyl adjacent to an activating group) is 1. The second-order valence-corrected chi connectivity index (χ2v) is 7.40. The van der Waals surface area contributed by atoms with Gasteiger partial charge in [-0.1, -0.05) is 24.3 Å². The highest BCUT2D eigenvalue weighted by Gasteiger charge is 2.26. The van der Waals surface area contributed by atoms with Gasteiger partial charge < -0.3 is 14.6 Å². The number of H-pyrrole nitrogens is 1. The van der Waals surface area contributed by atoms with Crippen molar-refractivity contribution in [1.82, 2.24) is 19.9 Å². The second kappa shape index (κ2) is 6.77. The maximum Gasteiger partial charge on any atom is 0.240 e. The lowest BCUT2D eigenvalue weighted by Gasteiger charge is -2.33. The summed E-state index contributed by atoms with van der Waals surface area (Å²) < 4.78 is 5.40. The first-order valence-corrected chi connectivity index (χ1v) is 9.46. The molecule has 1 N–H and O–H groups in total. The van der Waals surface area contributed by atoms with Crippen molar-refractivity contribution >= 4 is 10.9 Å². The predicted octanol–water partition coefficient (Wildman–Crippen LogP) is 4.21. The van der Waals surface area contributed by atoms with Gasteiger partial charge in [0.25, 0.3) is 0 Å². The molecule has 28 heavy (non-hydrogen) atoms. The SMILES string of the molecule is COc1nccnc1-c1ccc2c(c1)CN(C)CC2c1ccc2cc[nH]c2c1. The highest BCUT2D eigenvalue weighted by atomic mass is 16.5. The fourth-order valence-corrected chi connectivity index (χ4v) is 4.24. The van der Waals surface area contributed by atoms with Crippen LogP contribution in [0.2, 0.25) is 0 Å². The van der Waals surface area contributed by atoms with Crippen molar-refractivity contribution in [3.05, 3.63) is 77.7 Å². The third kappa shape index (κ3) is 2.84. The zero-order chi connectivity index (χ0) is 19.1. The van der Waals surface area contributed by atoms with E-state index in [4.69, 9.17) is 4.74 Å². The Morgan fingerprint density at radius 3 is 2.86 bits per heavy atom. The topological polar surface area (TPSA) is 54.0 Å². The molecule has 1 atom stereocenters. The van der Waals surface area contributed by atoms with Gasteiger partial charge in [0, 0.05) is 48.7 Å². The molecule has 1 aliphatic heterocycles. The fourth-order valence-electron chi connectivity index (χ4n) is 4.24. The summed E-state index contributed by atoms with van der Waals surface area (Å²) >= 11 is 0. The van der Waals surface area contributed by atoms with E-state index in [2.05, 4.69) is 69.4 Å². The van der Waals surface area contributed by atoms with Gasteiger partial charge in [0.15, 0.2) is 0 Å². The molecular formula is C23H22N4O. The second-order valence-electron chi connectivity index (χ2n) is 7.40. The Bertz CT molecular complexity index is 1150. The van der Waals surface area contributed by atoms with E-state index in [0.29, 0.717) is 11.8 Å². The first-order chi connectivity index (χ1) is 13.7. The van der Waals surface area contributed by atoms with Gasteiger partial charge in [0.2, 0.25) is 5.88 Å². The predicted molar refractivity (Wildman–Crippen MR) is 110 cm³/mol. The smallest absolute Gasteiger partial charge is 0.240 e. The molecule has 0 bridgehead atoms. The van der Waals surface area contributed by atoms with Crippen LogP contribution in [0, 0.1) is 0 Å². The molecule has 5 heteroatoms. The molecule has 5 rings (SSSR count). The standard InChI is InChI=1S/C23H22N4O/c1-27-13-18-11-17(22-23(28-2)26-10-9-25-22)5-6-19(18)20(14-27)16-4-3-15-7-8-24-21(15)12-16/h3-12,20,24H,13-14H2,1-2H3. The Hall–Kier alpha value is -3.18. The zero-order valence-electron chi connectivity index (χ0n) is 16.0. The van der Waals surface area contributed by atoms with Crippen molar-refractivity contribution < 1.29 is 4.74 Å². The minimum atomic E-state index is 0.347. The number of aromatic amines is 1. The van der Waals surface area contributed by atoms with E-state index in [1.165, 1.54) is 27.6 Å². The van der Waals surface area contributed by atoms with Crippen LogP contribution < -0.4 is 4.74 Å². The van der Waals surface area contributed by atoms with Crippen molar-refractivity contribution in [1.29, 1.82) is 0 Å². The van der Waals surface area contributed by atoms with Crippen LogP contribution in [0.15, 0.2) is 61.1 Å². The molecule has 0 aliphatic carbocycles. The summed E-state index contributed by atoms with van der Waals surface area (Å²) in [6, 6.07) is 15.5. The van der Waals surface area contributed by atoms with Crippen LogP contribution >= 0.6 is 0 Å². The molecular weight excluding hydrogens is 348 g/mol. The van der Waals surface area contributed by atoms with Gasteiger partial charge in [0.05, 0.1) is 7.11 Å². The van der Waals surface area contributed by atoms with E-state index in [0.717, 1.165) is 24.3 Å². The Morgan fingerprint density at radius 2 is 1.96 bits per heavy atom. The lowest BCUT2D eigenvalue weighted by molar-refractivity contribution is 0.295. The molecule has 140 valence electrons. The van der Waals surface area contributed by atoms with Gasteiger partial charge in [-0.15, -0.1) is 0 Å². The first kappa shape index (κ1) is 17.0. The van der Waals surface area contributed by atoms with Crippen LogP contribution in [0.4, 0.5) is 0 Å². The molecule has 1 unspecified atom stereocenters. The number of hydrogen-bond acceptors (Lipinski definition) is 4. The van der Waals surface area contributed by atoms with Crippen molar-refractivity contribution in [3.8, 4) is 17.1 Å². The molecule has 0 saturated heterocycles. The number of aromatic nitrogens is 3. The van der Waals surface area contributed by atoms with E-state index in [1.54, 1.807) is 19.5 Å². The molecule has 0 amide bonds. The van der Waals surface area contributed by atoms with Crippen LogP contribution in [0.3, 0.4) is 0 Å². The quantitative estimate of drug-likeness (QED) is 0.587. The van der Waals surface area contributed by atoms with Crippen LogP contribution in [0.25, 0.3) is 22.2 Å². The summed E-state index contributed by atoms with van der Waals surface area (Å²) in [6.45, 7) is 1.93. The Morgan fingerprint density at radius 1 is 1.07 bits per heavy atom. The van der Waals surface area contributed by atoms with E-state index in [1.807, 2.05) is 6.20 Å². The van der Waals surface area contributed by atoms with Crippen molar-refractivity contribution in [2.45, 2.75) is 12.5 Å². The number of nitrogens with one attached hydrogen (secondary N) is 1. The number of benzene rings is 2. The number of methoxy groups -OCH3 is 1. The number of rotatable bonds is 3. The van der Waals surface area contributed by atoms with Gasteiger partial charge in [-0.2, -0.15) is 0 Å². The lowest BCUT2D eigenvalue weighted by Crippen LogP contribution is -2.31. The number of hydrogen-bond donors (Lipinski definition) is 1. The van der Waals surface area contributed by atoms with Crippen molar-refractivity contribution in [3.63, 3.8) is 0 Å². The maximum atomic E-state index is 5.40. The minimum Gasteiger partial charge on any atom is -0.479 e. The van der Waals surface area contributed by atoms with E-state index < -0.39 is 0 Å². The number of ether oxygens (including phenoxy) is 1. The van der Waals surface area contributed by atoms with Gasteiger partial charge in [-0.25, -0.2) is 9.97 Å². The maximum absolute atomic E-state index is 5.40. The Labute approximate surface area is 164 Å². The molecule has 1 aliphatic rings. The van der Waals surface area contributed by atoms with Gasteiger partial charge in [0.1, 0.15) is 5.69 Å². The fraction of sp³-hybridized carbons (Fsp3) is 0.217. The van der Waals surface area contributed by atoms with Gasteiger partial charge >= 0.3 is 0 Å². The average molecular weight is 370 g/mol. The van der Waals surface area contributed by atoms with E-state index in [-0.39, 0.29) is 0 Å². The molecule has 5 nitrogen and oxygen atoms in total. The van der Waals surface area contributed by atoms with E-state index in [9.17, 15) is 0 Å². The third-order valence-corrected chi connectivity index (χ3v) is 5.57. The summed E-state index contributed by atoms with van der Waals surface area (Å²) in [6.07, 6.45) is 5.36. The van der Waals surface area contributed by atoms with Gasteiger partial charge in [-0.3, -0.25) is 0 Å². The summed E-state index contributed by atoms with van der Waals surface area (Å²) in [5.74, 6) is 0.902. The van der Waals surface area contributed by atoms with Crippen molar-refractivity contribution in [2.75, 3.05) is 20.7 Å². The zero-order valence-corrected chi connectivity index (χ0v) is 16.0. The summed E-state index contributed by atoms with van der Waals surface area (Å²) in [5, 5.41) is 1.25. The molecule has 0 fully saturated rings. The average Bonchev–Trinajstić information content (AvgIpc) is 3.20. The highest BCUT2D eigenvalue weighted by Crippen LogP contribution is 2.37. The normalized spacial score (nSPS) is 16.9. The molecule has 4 aromatic rings. The third-order valence-electron chi connectivity index (χ3n) is 5.57. The van der Waals surface area contributed by atoms with Crippen LogP contribution in [0.1, 0.15) is 22.6 Å².